The highest BCUT2D eigenvalue weighted by Gasteiger charge is 2.34. The van der Waals surface area contributed by atoms with Crippen LogP contribution in [0.1, 0.15) is 31.9 Å². The maximum Gasteiger partial charge on any atom is 0.0706 e. The van der Waals surface area contributed by atoms with Crippen LogP contribution in [0.2, 0.25) is 0 Å². The summed E-state index contributed by atoms with van der Waals surface area (Å²) in [5, 5.41) is 2.67. The topological polar surface area (TPSA) is 12.4 Å². The van der Waals surface area contributed by atoms with Crippen LogP contribution in [0.25, 0.3) is 10.8 Å². The predicted octanol–water partition coefficient (Wildman–Crippen LogP) is 4.53. The van der Waals surface area contributed by atoms with Gasteiger partial charge in [0.15, 0.2) is 0 Å². The summed E-state index contributed by atoms with van der Waals surface area (Å²) in [5.41, 5.74) is 5.13. The van der Waals surface area contributed by atoms with Crippen molar-refractivity contribution in [1.29, 1.82) is 0 Å². The van der Waals surface area contributed by atoms with E-state index in [0.29, 0.717) is 0 Å². The Labute approximate surface area is 102 Å². The van der Waals surface area contributed by atoms with Crippen molar-refractivity contribution < 1.29 is 0 Å². The van der Waals surface area contributed by atoms with Gasteiger partial charge in [0.25, 0.3) is 0 Å². The number of rotatable bonds is 0. The van der Waals surface area contributed by atoms with Crippen molar-refractivity contribution in [2.45, 2.75) is 33.1 Å². The highest BCUT2D eigenvalue weighted by atomic mass is 14.8. The van der Waals surface area contributed by atoms with E-state index in [9.17, 15) is 0 Å². The fourth-order valence-electron chi connectivity index (χ4n) is 2.74. The van der Waals surface area contributed by atoms with Crippen LogP contribution in [0, 0.1) is 6.92 Å². The van der Waals surface area contributed by atoms with E-state index >= 15 is 0 Å². The van der Waals surface area contributed by atoms with Crippen LogP contribution >= 0.6 is 0 Å². The minimum atomic E-state index is 0.0565. The van der Waals surface area contributed by atoms with E-state index in [1.54, 1.807) is 0 Å². The summed E-state index contributed by atoms with van der Waals surface area (Å²) >= 11 is 0. The molecule has 0 amide bonds. The minimum absolute atomic E-state index is 0.0565. The van der Waals surface area contributed by atoms with Gasteiger partial charge in [-0.05, 0) is 41.8 Å². The summed E-state index contributed by atoms with van der Waals surface area (Å²) in [6, 6.07) is 10.9. The molecule has 3 rings (SSSR count). The molecule has 0 saturated carbocycles. The number of nitrogens with zero attached hydrogens (tertiary/aromatic N) is 1. The second-order valence-electron chi connectivity index (χ2n) is 5.46. The number of benzene rings is 2. The first-order valence-electron chi connectivity index (χ1n) is 6.10. The molecule has 2 aromatic carbocycles. The van der Waals surface area contributed by atoms with Crippen molar-refractivity contribution in [3.8, 4) is 0 Å². The van der Waals surface area contributed by atoms with Gasteiger partial charge in [0.1, 0.15) is 0 Å². The van der Waals surface area contributed by atoms with Gasteiger partial charge >= 0.3 is 0 Å². The molecule has 0 aliphatic carbocycles. The predicted molar refractivity (Wildman–Crippen MR) is 74.5 cm³/mol. The molecule has 0 aromatic heterocycles. The van der Waals surface area contributed by atoms with Crippen LogP contribution in [-0.2, 0) is 5.41 Å². The highest BCUT2D eigenvalue weighted by Crippen LogP contribution is 2.45. The summed E-state index contributed by atoms with van der Waals surface area (Å²) in [7, 11) is 0. The molecular weight excluding hydrogens is 206 g/mol. The maximum atomic E-state index is 4.77. The molecule has 1 aliphatic rings. The van der Waals surface area contributed by atoms with E-state index in [1.807, 2.05) is 0 Å². The molecule has 0 N–H and O–H groups in total. The third-order valence-corrected chi connectivity index (χ3v) is 4.02. The molecule has 1 nitrogen and oxygen atoms in total. The van der Waals surface area contributed by atoms with Crippen molar-refractivity contribution in [3.63, 3.8) is 0 Å². The van der Waals surface area contributed by atoms with Crippen LogP contribution in [-0.4, -0.2) is 5.71 Å². The lowest BCUT2D eigenvalue weighted by molar-refractivity contribution is 0.740. The quantitative estimate of drug-likeness (QED) is 0.622. The molecular formula is C16H17N. The van der Waals surface area contributed by atoms with Crippen molar-refractivity contribution >= 4 is 22.2 Å². The lowest BCUT2D eigenvalue weighted by atomic mass is 9.79. The van der Waals surface area contributed by atoms with Gasteiger partial charge in [0.05, 0.1) is 5.69 Å². The molecule has 0 spiro atoms. The average Bonchev–Trinajstić information content (AvgIpc) is 2.52. The molecule has 1 heteroatoms. The molecule has 2 aromatic rings. The molecule has 0 radical (unpaired) electrons. The number of hydrogen-bond donors (Lipinski definition) is 0. The highest BCUT2D eigenvalue weighted by molar-refractivity contribution is 6.06. The second kappa shape index (κ2) is 3.19. The first-order valence-corrected chi connectivity index (χ1v) is 6.10. The number of hydrogen-bond acceptors (Lipinski definition) is 1. The van der Waals surface area contributed by atoms with Crippen molar-refractivity contribution in [2.75, 3.05) is 0 Å². The summed E-state index contributed by atoms with van der Waals surface area (Å²) in [6.07, 6.45) is 0. The fraction of sp³-hybridized carbons (Fsp3) is 0.312. The van der Waals surface area contributed by atoms with Crippen LogP contribution in [0.3, 0.4) is 0 Å². The molecule has 0 atom stereocenters. The second-order valence-corrected chi connectivity index (χ2v) is 5.46. The summed E-state index contributed by atoms with van der Waals surface area (Å²) in [6.45, 7) is 8.82. The Morgan fingerprint density at radius 2 is 1.76 bits per heavy atom. The zero-order valence-corrected chi connectivity index (χ0v) is 10.8. The van der Waals surface area contributed by atoms with E-state index in [0.717, 1.165) is 0 Å². The van der Waals surface area contributed by atoms with Crippen LogP contribution in [0.4, 0.5) is 5.69 Å². The van der Waals surface area contributed by atoms with Gasteiger partial charge in [0, 0.05) is 11.1 Å². The minimum Gasteiger partial charge on any atom is -0.257 e. The standard InChI is InChI=1S/C16H17N/c1-10-9-12-7-5-6-8-13(12)14-15(10)17-11(2)16(14,3)4/h5-9H,1-4H3. The lowest BCUT2D eigenvalue weighted by Gasteiger charge is -2.22. The molecule has 86 valence electrons. The van der Waals surface area contributed by atoms with Gasteiger partial charge in [0.2, 0.25) is 0 Å². The Bertz CT molecular complexity index is 648. The van der Waals surface area contributed by atoms with E-state index in [4.69, 9.17) is 4.99 Å². The lowest BCUT2D eigenvalue weighted by Crippen LogP contribution is -2.23. The average molecular weight is 223 g/mol. The van der Waals surface area contributed by atoms with Crippen LogP contribution < -0.4 is 0 Å². The Morgan fingerprint density at radius 3 is 2.53 bits per heavy atom. The number of fused-ring (bicyclic) bond motifs is 3. The molecule has 17 heavy (non-hydrogen) atoms. The number of aryl methyl sites for hydroxylation is 1. The van der Waals surface area contributed by atoms with Crippen molar-refractivity contribution in [3.05, 3.63) is 41.5 Å². The van der Waals surface area contributed by atoms with Gasteiger partial charge in [-0.25, -0.2) is 0 Å². The van der Waals surface area contributed by atoms with Crippen molar-refractivity contribution in [1.82, 2.24) is 0 Å². The Kier molecular flexibility index (Phi) is 1.97. The third-order valence-electron chi connectivity index (χ3n) is 4.02. The van der Waals surface area contributed by atoms with Gasteiger partial charge in [-0.2, -0.15) is 0 Å². The van der Waals surface area contributed by atoms with Gasteiger partial charge in [-0.15, -0.1) is 0 Å². The Morgan fingerprint density at radius 1 is 1.06 bits per heavy atom. The van der Waals surface area contributed by atoms with E-state index in [-0.39, 0.29) is 5.41 Å². The van der Waals surface area contributed by atoms with E-state index in [1.165, 1.54) is 33.3 Å². The Hall–Kier alpha value is -1.63. The van der Waals surface area contributed by atoms with E-state index < -0.39 is 0 Å². The Balaban J connectivity index is 2.50. The van der Waals surface area contributed by atoms with E-state index in [2.05, 4.69) is 58.0 Å². The largest absolute Gasteiger partial charge is 0.257 e. The monoisotopic (exact) mass is 223 g/mol. The number of aliphatic imine (C=N–C) groups is 1. The van der Waals surface area contributed by atoms with Crippen molar-refractivity contribution in [2.24, 2.45) is 4.99 Å². The summed E-state index contributed by atoms with van der Waals surface area (Å²) in [5.74, 6) is 0. The van der Waals surface area contributed by atoms with Crippen LogP contribution in [0.5, 0.6) is 0 Å². The molecule has 0 saturated heterocycles. The van der Waals surface area contributed by atoms with Gasteiger partial charge in [-0.3, -0.25) is 4.99 Å². The van der Waals surface area contributed by atoms with Crippen LogP contribution in [0.15, 0.2) is 35.3 Å². The smallest absolute Gasteiger partial charge is 0.0706 e. The molecule has 1 heterocycles. The SMILES string of the molecule is CC1=Nc2c(C)cc3ccccc3c2C1(C)C. The maximum absolute atomic E-state index is 4.77. The first kappa shape index (κ1) is 10.5. The third kappa shape index (κ3) is 1.28. The molecule has 0 unspecified atom stereocenters. The first-order chi connectivity index (χ1) is 8.01. The zero-order valence-electron chi connectivity index (χ0n) is 10.8. The zero-order chi connectivity index (χ0) is 12.2. The molecule has 0 fully saturated rings. The van der Waals surface area contributed by atoms with Gasteiger partial charge < -0.3 is 0 Å². The molecule has 1 aliphatic heterocycles. The fourth-order valence-corrected chi connectivity index (χ4v) is 2.74. The summed E-state index contributed by atoms with van der Waals surface area (Å²) in [4.78, 5) is 4.77. The molecule has 0 bridgehead atoms. The normalized spacial score (nSPS) is 17.1. The van der Waals surface area contributed by atoms with Gasteiger partial charge in [-0.1, -0.05) is 38.1 Å². The summed E-state index contributed by atoms with van der Waals surface area (Å²) < 4.78 is 0.